The number of carbonyl (C=O) groups excluding carboxylic acids is 1. The number of hydrogen-bond donors (Lipinski definition) is 3. The SMILES string of the molecule is CNC(=O)c1cc(C(=O)O)cc2c1O[C@H](CO)C2c1cccc(OC)c1. The normalized spacial score (nSPS) is 18.0. The van der Waals surface area contributed by atoms with Gasteiger partial charge in [-0.05, 0) is 29.8 Å². The molecular weight excluding hydrogens is 338 g/mol. The van der Waals surface area contributed by atoms with E-state index in [-0.39, 0.29) is 17.7 Å². The van der Waals surface area contributed by atoms with Crippen molar-refractivity contribution in [3.05, 3.63) is 58.7 Å². The van der Waals surface area contributed by atoms with Crippen LogP contribution in [0.4, 0.5) is 0 Å². The van der Waals surface area contributed by atoms with Gasteiger partial charge in [-0.25, -0.2) is 4.79 Å². The first-order valence-corrected chi connectivity index (χ1v) is 8.05. The topological polar surface area (TPSA) is 105 Å². The molecule has 1 amide bonds. The van der Waals surface area contributed by atoms with Crippen LogP contribution in [0.25, 0.3) is 0 Å². The van der Waals surface area contributed by atoms with Crippen molar-refractivity contribution in [3.63, 3.8) is 0 Å². The van der Waals surface area contributed by atoms with Gasteiger partial charge in [0.2, 0.25) is 0 Å². The molecule has 3 N–H and O–H groups in total. The Morgan fingerprint density at radius 2 is 2.04 bits per heavy atom. The molecule has 1 heterocycles. The summed E-state index contributed by atoms with van der Waals surface area (Å²) in [5, 5.41) is 21.7. The number of rotatable bonds is 5. The molecule has 2 aromatic carbocycles. The summed E-state index contributed by atoms with van der Waals surface area (Å²) in [7, 11) is 3.01. The Hall–Kier alpha value is -3.06. The van der Waals surface area contributed by atoms with Crippen LogP contribution in [0, 0.1) is 0 Å². The van der Waals surface area contributed by atoms with E-state index in [1.54, 1.807) is 25.3 Å². The van der Waals surface area contributed by atoms with E-state index in [0.29, 0.717) is 17.1 Å². The average molecular weight is 357 g/mol. The quantitative estimate of drug-likeness (QED) is 0.751. The fourth-order valence-corrected chi connectivity index (χ4v) is 3.23. The fourth-order valence-electron chi connectivity index (χ4n) is 3.23. The van der Waals surface area contributed by atoms with Crippen LogP contribution < -0.4 is 14.8 Å². The summed E-state index contributed by atoms with van der Waals surface area (Å²) in [6.07, 6.45) is -0.635. The lowest BCUT2D eigenvalue weighted by atomic mass is 9.86. The van der Waals surface area contributed by atoms with Gasteiger partial charge in [0.15, 0.2) is 0 Å². The highest BCUT2D eigenvalue weighted by Crippen LogP contribution is 2.45. The second-order valence-electron chi connectivity index (χ2n) is 5.92. The smallest absolute Gasteiger partial charge is 0.335 e. The molecule has 7 heteroatoms. The maximum absolute atomic E-state index is 12.2. The summed E-state index contributed by atoms with van der Waals surface area (Å²) in [5.74, 6) is -1.09. The van der Waals surface area contributed by atoms with Gasteiger partial charge in [-0.15, -0.1) is 0 Å². The van der Waals surface area contributed by atoms with Gasteiger partial charge < -0.3 is 25.0 Å². The molecule has 26 heavy (non-hydrogen) atoms. The number of carboxylic acid groups (broad SMARTS) is 1. The Kier molecular flexibility index (Phi) is 4.81. The zero-order valence-corrected chi connectivity index (χ0v) is 14.4. The van der Waals surface area contributed by atoms with E-state index in [0.717, 1.165) is 5.56 Å². The van der Waals surface area contributed by atoms with Crippen LogP contribution in [-0.2, 0) is 0 Å². The molecule has 0 aromatic heterocycles. The van der Waals surface area contributed by atoms with Gasteiger partial charge in [0.05, 0.1) is 30.8 Å². The Bertz CT molecular complexity index is 863. The number of carbonyl (C=O) groups is 2. The highest BCUT2D eigenvalue weighted by Gasteiger charge is 2.38. The molecule has 0 saturated carbocycles. The van der Waals surface area contributed by atoms with Crippen LogP contribution >= 0.6 is 0 Å². The molecule has 0 spiro atoms. The van der Waals surface area contributed by atoms with Gasteiger partial charge in [-0.2, -0.15) is 0 Å². The number of methoxy groups -OCH3 is 1. The van der Waals surface area contributed by atoms with E-state index in [2.05, 4.69) is 5.32 Å². The standard InChI is InChI=1S/C19H19NO6/c1-20-18(22)14-8-11(19(23)24)7-13-16(15(9-21)26-17(13)14)10-4-3-5-12(6-10)25-2/h3-8,15-16,21H,9H2,1-2H3,(H,20,22)(H,23,24)/t15-,16?/m1/s1. The van der Waals surface area contributed by atoms with Crippen LogP contribution in [0.2, 0.25) is 0 Å². The molecule has 3 rings (SSSR count). The lowest BCUT2D eigenvalue weighted by Crippen LogP contribution is -2.24. The zero-order chi connectivity index (χ0) is 18.8. The van der Waals surface area contributed by atoms with Crippen LogP contribution in [0.15, 0.2) is 36.4 Å². The van der Waals surface area contributed by atoms with Crippen LogP contribution in [-0.4, -0.2) is 49.0 Å². The van der Waals surface area contributed by atoms with E-state index in [4.69, 9.17) is 9.47 Å². The first kappa shape index (κ1) is 17.8. The number of ether oxygens (including phenoxy) is 2. The maximum atomic E-state index is 12.2. The Morgan fingerprint density at radius 3 is 2.65 bits per heavy atom. The minimum atomic E-state index is -1.14. The molecule has 0 radical (unpaired) electrons. The zero-order valence-electron chi connectivity index (χ0n) is 14.4. The number of aliphatic hydroxyl groups excluding tert-OH is 1. The number of carboxylic acids is 1. The van der Waals surface area contributed by atoms with Crippen LogP contribution in [0.5, 0.6) is 11.5 Å². The lowest BCUT2D eigenvalue weighted by Gasteiger charge is -2.18. The molecule has 0 saturated heterocycles. The van der Waals surface area contributed by atoms with Gasteiger partial charge in [0.25, 0.3) is 5.91 Å². The molecule has 1 unspecified atom stereocenters. The molecule has 0 aliphatic carbocycles. The Morgan fingerprint density at radius 1 is 1.27 bits per heavy atom. The second-order valence-corrected chi connectivity index (χ2v) is 5.92. The molecular formula is C19H19NO6. The van der Waals surface area contributed by atoms with Crippen molar-refractivity contribution in [3.8, 4) is 11.5 Å². The molecule has 7 nitrogen and oxygen atoms in total. The van der Waals surface area contributed by atoms with E-state index < -0.39 is 23.9 Å². The second kappa shape index (κ2) is 7.05. The highest BCUT2D eigenvalue weighted by atomic mass is 16.5. The molecule has 0 fully saturated rings. The summed E-state index contributed by atoms with van der Waals surface area (Å²) < 4.78 is 11.1. The van der Waals surface area contributed by atoms with E-state index in [9.17, 15) is 19.8 Å². The van der Waals surface area contributed by atoms with E-state index in [1.165, 1.54) is 19.2 Å². The third-order valence-electron chi connectivity index (χ3n) is 4.45. The highest BCUT2D eigenvalue weighted by molar-refractivity contribution is 6.00. The van der Waals surface area contributed by atoms with Crippen molar-refractivity contribution in [2.24, 2.45) is 0 Å². The number of hydrogen-bond acceptors (Lipinski definition) is 5. The van der Waals surface area contributed by atoms with Crippen LogP contribution in [0.1, 0.15) is 37.8 Å². The number of aromatic carboxylic acids is 1. The summed E-state index contributed by atoms with van der Waals surface area (Å²) in [6.45, 7) is -0.286. The monoisotopic (exact) mass is 357 g/mol. The molecule has 1 aliphatic rings. The summed E-state index contributed by atoms with van der Waals surface area (Å²) in [5.41, 5.74) is 1.46. The van der Waals surface area contributed by atoms with Crippen molar-refractivity contribution in [1.82, 2.24) is 5.32 Å². The van der Waals surface area contributed by atoms with E-state index >= 15 is 0 Å². The van der Waals surface area contributed by atoms with E-state index in [1.807, 2.05) is 6.07 Å². The molecule has 136 valence electrons. The first-order valence-electron chi connectivity index (χ1n) is 8.05. The summed E-state index contributed by atoms with van der Waals surface area (Å²) in [4.78, 5) is 23.7. The number of nitrogens with one attached hydrogen (secondary N) is 1. The maximum Gasteiger partial charge on any atom is 0.335 e. The predicted molar refractivity (Wildman–Crippen MR) is 93.1 cm³/mol. The molecule has 2 atom stereocenters. The van der Waals surface area contributed by atoms with Crippen LogP contribution in [0.3, 0.4) is 0 Å². The van der Waals surface area contributed by atoms with Gasteiger partial charge in [-0.1, -0.05) is 12.1 Å². The average Bonchev–Trinajstić information content (AvgIpc) is 3.05. The first-order chi connectivity index (χ1) is 12.5. The number of amides is 1. The third kappa shape index (κ3) is 2.97. The van der Waals surface area contributed by atoms with Crippen molar-refractivity contribution in [1.29, 1.82) is 0 Å². The van der Waals surface area contributed by atoms with Gasteiger partial charge in [0.1, 0.15) is 17.6 Å². The summed E-state index contributed by atoms with van der Waals surface area (Å²) >= 11 is 0. The Labute approximate surface area is 150 Å². The fraction of sp³-hybridized carbons (Fsp3) is 0.263. The number of aliphatic hydroxyl groups is 1. The Balaban J connectivity index is 2.21. The number of fused-ring (bicyclic) bond motifs is 1. The lowest BCUT2D eigenvalue weighted by molar-refractivity contribution is 0.0696. The van der Waals surface area contributed by atoms with Gasteiger partial charge in [0, 0.05) is 12.6 Å². The molecule has 0 bridgehead atoms. The van der Waals surface area contributed by atoms with Crippen molar-refractivity contribution < 1.29 is 29.3 Å². The van der Waals surface area contributed by atoms with Gasteiger partial charge in [-0.3, -0.25) is 4.79 Å². The third-order valence-corrected chi connectivity index (χ3v) is 4.45. The minimum absolute atomic E-state index is 0.0163. The van der Waals surface area contributed by atoms with Crippen molar-refractivity contribution >= 4 is 11.9 Å². The minimum Gasteiger partial charge on any atom is -0.497 e. The van der Waals surface area contributed by atoms with Crippen molar-refractivity contribution in [2.75, 3.05) is 20.8 Å². The predicted octanol–water partition coefficient (Wildman–Crippen LogP) is 1.64. The number of benzene rings is 2. The molecule has 1 aliphatic heterocycles. The van der Waals surface area contributed by atoms with Crippen molar-refractivity contribution in [2.45, 2.75) is 12.0 Å². The van der Waals surface area contributed by atoms with Gasteiger partial charge >= 0.3 is 5.97 Å². The largest absolute Gasteiger partial charge is 0.497 e. The summed E-state index contributed by atoms with van der Waals surface area (Å²) in [6, 6.07) is 10.0. The molecule has 2 aromatic rings.